The van der Waals surface area contributed by atoms with Gasteiger partial charge >= 0.3 is 0 Å². The number of H-pyrrole nitrogens is 1. The van der Waals surface area contributed by atoms with Gasteiger partial charge in [0.25, 0.3) is 5.56 Å². The van der Waals surface area contributed by atoms with E-state index in [1.807, 2.05) is 36.4 Å². The summed E-state index contributed by atoms with van der Waals surface area (Å²) < 4.78 is 0. The Morgan fingerprint density at radius 1 is 0.786 bits per heavy atom. The number of pyridine rings is 1. The standard InChI is InChI=1S/C21H19Cl2N3O.ClH/c22-16-2-1-3-18(14-16)26-12-10-25(11-13-26)17-6-4-15(5-7-17)20-9-8-19(23)21(27)24-20;/h1-9,14H,10-13H2,(H,24,27);1H. The molecule has 1 fully saturated rings. The summed E-state index contributed by atoms with van der Waals surface area (Å²) >= 11 is 11.9. The zero-order valence-corrected chi connectivity index (χ0v) is 17.4. The van der Waals surface area contributed by atoms with E-state index in [-0.39, 0.29) is 23.0 Å². The molecule has 4 rings (SSSR count). The molecule has 0 unspecified atom stereocenters. The maximum Gasteiger partial charge on any atom is 0.267 e. The molecule has 1 aliphatic rings. The molecule has 1 N–H and O–H groups in total. The molecular formula is C21H20Cl3N3O. The van der Waals surface area contributed by atoms with E-state index in [0.717, 1.165) is 42.5 Å². The van der Waals surface area contributed by atoms with Crippen molar-refractivity contribution in [3.8, 4) is 11.3 Å². The zero-order valence-electron chi connectivity index (χ0n) is 15.1. The van der Waals surface area contributed by atoms with Gasteiger partial charge in [0.1, 0.15) is 5.02 Å². The van der Waals surface area contributed by atoms with Crippen LogP contribution < -0.4 is 15.4 Å². The third-order valence-corrected chi connectivity index (χ3v) is 5.39. The fourth-order valence-corrected chi connectivity index (χ4v) is 3.67. The molecule has 1 saturated heterocycles. The first-order valence-electron chi connectivity index (χ1n) is 8.85. The number of nitrogens with zero attached hydrogens (tertiary/aromatic N) is 2. The Balaban J connectivity index is 0.00000225. The molecule has 3 aromatic rings. The average molecular weight is 437 g/mol. The number of rotatable bonds is 3. The first-order chi connectivity index (χ1) is 13.1. The van der Waals surface area contributed by atoms with Gasteiger partial charge in [0.05, 0.1) is 0 Å². The smallest absolute Gasteiger partial charge is 0.267 e. The van der Waals surface area contributed by atoms with Crippen molar-refractivity contribution in [1.29, 1.82) is 0 Å². The minimum absolute atomic E-state index is 0. The Bertz CT molecular complexity index is 996. The van der Waals surface area contributed by atoms with Gasteiger partial charge in [-0.1, -0.05) is 41.4 Å². The van der Waals surface area contributed by atoms with Crippen LogP contribution in [0.2, 0.25) is 10.0 Å². The predicted molar refractivity (Wildman–Crippen MR) is 121 cm³/mol. The molecule has 1 aliphatic heterocycles. The monoisotopic (exact) mass is 435 g/mol. The van der Waals surface area contributed by atoms with Crippen molar-refractivity contribution in [2.75, 3.05) is 36.0 Å². The molecule has 0 spiro atoms. The van der Waals surface area contributed by atoms with Crippen LogP contribution in [-0.4, -0.2) is 31.2 Å². The summed E-state index contributed by atoms with van der Waals surface area (Å²) in [6, 6.07) is 19.7. The minimum Gasteiger partial charge on any atom is -0.368 e. The van der Waals surface area contributed by atoms with Gasteiger partial charge in [-0.05, 0) is 48.0 Å². The summed E-state index contributed by atoms with van der Waals surface area (Å²) in [6.07, 6.45) is 0. The number of halogens is 3. The van der Waals surface area contributed by atoms with E-state index in [2.05, 4.69) is 33.0 Å². The normalized spacial score (nSPS) is 13.9. The number of hydrogen-bond acceptors (Lipinski definition) is 3. The van der Waals surface area contributed by atoms with E-state index in [1.54, 1.807) is 6.07 Å². The van der Waals surface area contributed by atoms with Crippen LogP contribution in [0.1, 0.15) is 0 Å². The number of hydrogen-bond donors (Lipinski definition) is 1. The molecule has 28 heavy (non-hydrogen) atoms. The van der Waals surface area contributed by atoms with Gasteiger partial charge < -0.3 is 14.8 Å². The fraction of sp³-hybridized carbons (Fsp3) is 0.190. The molecule has 0 bridgehead atoms. The van der Waals surface area contributed by atoms with Gasteiger partial charge in [0.15, 0.2) is 0 Å². The highest BCUT2D eigenvalue weighted by molar-refractivity contribution is 6.31. The summed E-state index contributed by atoms with van der Waals surface area (Å²) in [4.78, 5) is 19.2. The first kappa shape index (κ1) is 20.6. The van der Waals surface area contributed by atoms with Crippen molar-refractivity contribution in [2.45, 2.75) is 0 Å². The highest BCUT2D eigenvalue weighted by Gasteiger charge is 2.17. The van der Waals surface area contributed by atoms with Gasteiger partial charge in [-0.15, -0.1) is 12.4 Å². The van der Waals surface area contributed by atoms with Gasteiger partial charge in [-0.2, -0.15) is 0 Å². The minimum atomic E-state index is -0.268. The van der Waals surface area contributed by atoms with E-state index < -0.39 is 0 Å². The number of piperazine rings is 1. The number of aromatic nitrogens is 1. The number of aromatic amines is 1. The second-order valence-electron chi connectivity index (χ2n) is 6.55. The average Bonchev–Trinajstić information content (AvgIpc) is 2.70. The van der Waals surface area contributed by atoms with Gasteiger partial charge in [0.2, 0.25) is 0 Å². The first-order valence-corrected chi connectivity index (χ1v) is 9.60. The number of nitrogens with one attached hydrogen (secondary N) is 1. The topological polar surface area (TPSA) is 39.3 Å². The van der Waals surface area contributed by atoms with Crippen LogP contribution in [0, 0.1) is 0 Å². The fourth-order valence-electron chi connectivity index (χ4n) is 3.37. The van der Waals surface area contributed by atoms with Crippen molar-refractivity contribution in [2.24, 2.45) is 0 Å². The van der Waals surface area contributed by atoms with Gasteiger partial charge in [-0.25, -0.2) is 0 Å². The van der Waals surface area contributed by atoms with Crippen molar-refractivity contribution in [3.05, 3.63) is 81.1 Å². The quantitative estimate of drug-likeness (QED) is 0.621. The molecule has 0 aliphatic carbocycles. The largest absolute Gasteiger partial charge is 0.368 e. The van der Waals surface area contributed by atoms with Crippen LogP contribution in [0.5, 0.6) is 0 Å². The van der Waals surface area contributed by atoms with Crippen LogP contribution in [0.3, 0.4) is 0 Å². The summed E-state index contributed by atoms with van der Waals surface area (Å²) in [5.41, 5.74) is 3.81. The third-order valence-electron chi connectivity index (χ3n) is 4.86. The zero-order chi connectivity index (χ0) is 18.8. The van der Waals surface area contributed by atoms with Crippen molar-refractivity contribution >= 4 is 47.0 Å². The van der Waals surface area contributed by atoms with Crippen LogP contribution in [-0.2, 0) is 0 Å². The maximum absolute atomic E-state index is 11.7. The van der Waals surface area contributed by atoms with E-state index in [1.165, 1.54) is 11.4 Å². The molecule has 2 aromatic carbocycles. The molecule has 7 heteroatoms. The van der Waals surface area contributed by atoms with Crippen molar-refractivity contribution in [1.82, 2.24) is 4.98 Å². The van der Waals surface area contributed by atoms with Crippen LogP contribution in [0.15, 0.2) is 65.5 Å². The predicted octanol–water partition coefficient (Wildman–Crippen LogP) is 5.10. The summed E-state index contributed by atoms with van der Waals surface area (Å²) in [7, 11) is 0. The van der Waals surface area contributed by atoms with E-state index in [4.69, 9.17) is 23.2 Å². The Morgan fingerprint density at radius 3 is 2.04 bits per heavy atom. The highest BCUT2D eigenvalue weighted by Crippen LogP contribution is 2.25. The van der Waals surface area contributed by atoms with Crippen LogP contribution in [0.4, 0.5) is 11.4 Å². The lowest BCUT2D eigenvalue weighted by atomic mass is 10.1. The second-order valence-corrected chi connectivity index (χ2v) is 7.39. The molecule has 4 nitrogen and oxygen atoms in total. The lowest BCUT2D eigenvalue weighted by molar-refractivity contribution is 0.653. The van der Waals surface area contributed by atoms with Gasteiger partial charge in [-0.3, -0.25) is 4.79 Å². The lowest BCUT2D eigenvalue weighted by Gasteiger charge is -2.37. The maximum atomic E-state index is 11.7. The number of benzene rings is 2. The van der Waals surface area contributed by atoms with Crippen molar-refractivity contribution in [3.63, 3.8) is 0 Å². The molecule has 0 amide bonds. The molecule has 0 saturated carbocycles. The lowest BCUT2D eigenvalue weighted by Crippen LogP contribution is -2.46. The highest BCUT2D eigenvalue weighted by atomic mass is 35.5. The van der Waals surface area contributed by atoms with E-state index >= 15 is 0 Å². The Hall–Kier alpha value is -2.14. The molecule has 146 valence electrons. The van der Waals surface area contributed by atoms with Crippen LogP contribution in [0.25, 0.3) is 11.3 Å². The molecule has 1 aromatic heterocycles. The number of anilines is 2. The Kier molecular flexibility index (Phi) is 6.55. The Morgan fingerprint density at radius 2 is 1.43 bits per heavy atom. The van der Waals surface area contributed by atoms with E-state index in [9.17, 15) is 4.79 Å². The molecule has 2 heterocycles. The van der Waals surface area contributed by atoms with E-state index in [0.29, 0.717) is 0 Å². The summed E-state index contributed by atoms with van der Waals surface area (Å²) in [6.45, 7) is 3.80. The Labute approximate surface area is 180 Å². The third kappa shape index (κ3) is 4.46. The second kappa shape index (κ2) is 8.91. The molecule has 0 radical (unpaired) electrons. The van der Waals surface area contributed by atoms with Crippen molar-refractivity contribution < 1.29 is 0 Å². The molecular weight excluding hydrogens is 417 g/mol. The summed E-state index contributed by atoms with van der Waals surface area (Å²) in [5.74, 6) is 0. The molecule has 0 atom stereocenters. The summed E-state index contributed by atoms with van der Waals surface area (Å²) in [5, 5.41) is 0.971. The SMILES string of the molecule is Cl.O=c1[nH]c(-c2ccc(N3CCN(c4cccc(Cl)c4)CC3)cc2)ccc1Cl. The van der Waals surface area contributed by atoms with Crippen LogP contribution >= 0.6 is 35.6 Å². The van der Waals surface area contributed by atoms with Gasteiger partial charge in [0, 0.05) is 48.3 Å².